The predicted molar refractivity (Wildman–Crippen MR) is 69.3 cm³/mol. The van der Waals surface area contributed by atoms with Gasteiger partial charge in [0.15, 0.2) is 0 Å². The monoisotopic (exact) mass is 361 g/mol. The molecule has 3 aromatic rings. The van der Waals surface area contributed by atoms with Crippen LogP contribution in [0.1, 0.15) is 0 Å². The Kier molecular flexibility index (Phi) is 3.22. The Morgan fingerprint density at radius 2 is 1.67 bits per heavy atom. The second-order valence-electron chi connectivity index (χ2n) is 4.25. The SMILES string of the molecule is Fc1ccc(-n2c(=[Se])n(C(F)(F)F)c3ccccc32)cn1. The van der Waals surface area contributed by atoms with Crippen LogP contribution >= 0.6 is 0 Å². The zero-order valence-corrected chi connectivity index (χ0v) is 12.0. The van der Waals surface area contributed by atoms with Crippen molar-refractivity contribution in [1.29, 1.82) is 0 Å². The van der Waals surface area contributed by atoms with E-state index >= 15 is 0 Å². The Bertz CT molecular complexity index is 862. The molecule has 0 saturated heterocycles. The van der Waals surface area contributed by atoms with E-state index in [0.29, 0.717) is 11.2 Å². The summed E-state index contributed by atoms with van der Waals surface area (Å²) in [5.74, 6) is -0.694. The summed E-state index contributed by atoms with van der Waals surface area (Å²) in [6.45, 7) is 0. The van der Waals surface area contributed by atoms with Crippen LogP contribution in [-0.2, 0) is 6.30 Å². The van der Waals surface area contributed by atoms with Gasteiger partial charge in [-0.3, -0.25) is 0 Å². The molecule has 0 bridgehead atoms. The average Bonchev–Trinajstić information content (AvgIpc) is 2.71. The number of pyridine rings is 1. The van der Waals surface area contributed by atoms with Gasteiger partial charge in [0.2, 0.25) is 0 Å². The maximum atomic E-state index is 13.2. The van der Waals surface area contributed by atoms with Gasteiger partial charge in [-0.15, -0.1) is 0 Å². The quantitative estimate of drug-likeness (QED) is 0.371. The third kappa shape index (κ3) is 2.30. The molecular weight excluding hydrogens is 353 g/mol. The first-order valence-corrected chi connectivity index (χ1v) is 6.67. The molecule has 0 N–H and O–H groups in total. The summed E-state index contributed by atoms with van der Waals surface area (Å²) in [7, 11) is 0. The Morgan fingerprint density at radius 1 is 1.00 bits per heavy atom. The maximum absolute atomic E-state index is 13.2. The van der Waals surface area contributed by atoms with Crippen molar-refractivity contribution in [2.24, 2.45) is 0 Å². The standard InChI is InChI=1S/C13H7F4N3Se/c14-11-6-5-8(7-18-11)19-9-3-1-2-4-10(9)20(12(19)21)13(15,16)17/h1-7H. The molecule has 21 heavy (non-hydrogen) atoms. The van der Waals surface area contributed by atoms with Crippen LogP contribution < -0.4 is 0 Å². The summed E-state index contributed by atoms with van der Waals surface area (Å²) < 4.78 is 54.0. The Labute approximate surface area is 123 Å². The molecule has 0 spiro atoms. The van der Waals surface area contributed by atoms with Gasteiger partial charge in [0.1, 0.15) is 0 Å². The second-order valence-corrected chi connectivity index (χ2v) is 5.02. The average molecular weight is 360 g/mol. The second kappa shape index (κ2) is 4.82. The van der Waals surface area contributed by atoms with Crippen LogP contribution in [0.5, 0.6) is 0 Å². The first kappa shape index (κ1) is 14.0. The number of halogens is 4. The van der Waals surface area contributed by atoms with Gasteiger partial charge in [-0.05, 0) is 0 Å². The molecule has 0 amide bonds. The van der Waals surface area contributed by atoms with Crippen LogP contribution in [0, 0.1) is 10.3 Å². The molecule has 8 heteroatoms. The Morgan fingerprint density at radius 3 is 2.24 bits per heavy atom. The molecule has 0 fully saturated rings. The van der Waals surface area contributed by atoms with Gasteiger partial charge in [-0.25, -0.2) is 0 Å². The van der Waals surface area contributed by atoms with E-state index in [2.05, 4.69) is 20.6 Å². The fourth-order valence-electron chi connectivity index (χ4n) is 2.14. The third-order valence-electron chi connectivity index (χ3n) is 2.97. The molecule has 0 aliphatic heterocycles. The predicted octanol–water partition coefficient (Wildman–Crippen LogP) is 3.14. The van der Waals surface area contributed by atoms with Gasteiger partial charge in [0.05, 0.1) is 0 Å². The van der Waals surface area contributed by atoms with Crippen molar-refractivity contribution < 1.29 is 17.6 Å². The van der Waals surface area contributed by atoms with Gasteiger partial charge in [-0.2, -0.15) is 0 Å². The van der Waals surface area contributed by atoms with Crippen molar-refractivity contribution in [3.8, 4) is 5.69 Å². The number of para-hydroxylation sites is 2. The van der Waals surface area contributed by atoms with Gasteiger partial charge in [0, 0.05) is 0 Å². The minimum absolute atomic E-state index is 0.00285. The number of aromatic nitrogens is 3. The molecule has 0 unspecified atom stereocenters. The molecule has 108 valence electrons. The van der Waals surface area contributed by atoms with Crippen LogP contribution in [0.15, 0.2) is 42.6 Å². The van der Waals surface area contributed by atoms with Crippen LogP contribution in [-0.4, -0.2) is 29.7 Å². The summed E-state index contributed by atoms with van der Waals surface area (Å²) in [5.41, 5.74) is 0.685. The van der Waals surface area contributed by atoms with E-state index in [4.69, 9.17) is 0 Å². The summed E-state index contributed by atoms with van der Waals surface area (Å²) in [4.78, 5) is 3.48. The molecule has 0 aliphatic rings. The summed E-state index contributed by atoms with van der Waals surface area (Å²) >= 11 is 2.43. The summed E-state index contributed by atoms with van der Waals surface area (Å²) in [6.07, 6.45) is -3.39. The number of rotatable bonds is 1. The molecule has 0 atom stereocenters. The number of hydrogen-bond donors (Lipinski definition) is 0. The van der Waals surface area contributed by atoms with Gasteiger partial charge in [-0.1, -0.05) is 0 Å². The normalized spacial score (nSPS) is 12.0. The molecule has 2 heterocycles. The van der Waals surface area contributed by atoms with Crippen molar-refractivity contribution in [3.05, 3.63) is 52.9 Å². The number of imidazole rings is 1. The van der Waals surface area contributed by atoms with Crippen LogP contribution in [0.2, 0.25) is 0 Å². The minimum atomic E-state index is -4.57. The zero-order chi connectivity index (χ0) is 15.2. The number of nitrogens with zero attached hydrogens (tertiary/aromatic N) is 3. The van der Waals surface area contributed by atoms with E-state index in [0.717, 1.165) is 6.07 Å². The molecule has 3 rings (SSSR count). The van der Waals surface area contributed by atoms with E-state index in [1.54, 1.807) is 12.1 Å². The van der Waals surface area contributed by atoms with Gasteiger partial charge in [0.25, 0.3) is 0 Å². The first-order valence-electron chi connectivity index (χ1n) is 5.81. The van der Waals surface area contributed by atoms with Crippen molar-refractivity contribution in [2.75, 3.05) is 0 Å². The first-order chi connectivity index (χ1) is 9.89. The van der Waals surface area contributed by atoms with Gasteiger partial charge >= 0.3 is 123 Å². The van der Waals surface area contributed by atoms with E-state index in [9.17, 15) is 17.6 Å². The number of fused-ring (bicyclic) bond motifs is 1. The van der Waals surface area contributed by atoms with Crippen molar-refractivity contribution in [3.63, 3.8) is 0 Å². The fraction of sp³-hybridized carbons (Fsp3) is 0.0769. The van der Waals surface area contributed by atoms with E-state index in [1.165, 1.54) is 29.0 Å². The molecule has 2 aromatic heterocycles. The van der Waals surface area contributed by atoms with Crippen molar-refractivity contribution in [2.45, 2.75) is 6.30 Å². The zero-order valence-electron chi connectivity index (χ0n) is 10.3. The number of alkyl halides is 3. The van der Waals surface area contributed by atoms with E-state index in [1.807, 2.05) is 0 Å². The van der Waals surface area contributed by atoms with E-state index in [-0.39, 0.29) is 14.4 Å². The number of benzene rings is 1. The topological polar surface area (TPSA) is 22.8 Å². The van der Waals surface area contributed by atoms with E-state index < -0.39 is 12.2 Å². The number of hydrogen-bond acceptors (Lipinski definition) is 1. The molecule has 0 radical (unpaired) electrons. The molecule has 0 saturated carbocycles. The van der Waals surface area contributed by atoms with Crippen LogP contribution in [0.3, 0.4) is 0 Å². The molecule has 0 aliphatic carbocycles. The summed E-state index contributed by atoms with van der Waals surface area (Å²) in [6, 6.07) is 8.56. The van der Waals surface area contributed by atoms with Crippen molar-refractivity contribution >= 4 is 26.6 Å². The third-order valence-corrected chi connectivity index (χ3v) is 3.74. The molecular formula is C13H7F4N3Se. The summed E-state index contributed by atoms with van der Waals surface area (Å²) in [5, 5.41) is 0. The van der Waals surface area contributed by atoms with Crippen LogP contribution in [0.25, 0.3) is 16.7 Å². The fourth-order valence-corrected chi connectivity index (χ4v) is 2.99. The van der Waals surface area contributed by atoms with Crippen molar-refractivity contribution in [1.82, 2.24) is 14.1 Å². The Hall–Kier alpha value is -1.92. The Balaban J connectivity index is 2.41. The molecule has 3 nitrogen and oxygen atoms in total. The van der Waals surface area contributed by atoms with Gasteiger partial charge < -0.3 is 0 Å². The molecule has 1 aromatic carbocycles. The van der Waals surface area contributed by atoms with Crippen LogP contribution in [0.4, 0.5) is 17.6 Å².